The molecule has 1 aromatic rings. The predicted octanol–water partition coefficient (Wildman–Crippen LogP) is 1.49. The molecule has 0 aliphatic heterocycles. The zero-order valence-electron chi connectivity index (χ0n) is 3.50. The van der Waals surface area contributed by atoms with Crippen molar-refractivity contribution in [1.29, 1.82) is 0 Å². The molecule has 0 amide bonds. The third-order valence-corrected chi connectivity index (χ3v) is 1.39. The van der Waals surface area contributed by atoms with Crippen molar-refractivity contribution in [2.75, 3.05) is 0 Å². The Morgan fingerprint density at radius 1 is 1.86 bits per heavy atom. The summed E-state index contributed by atoms with van der Waals surface area (Å²) in [7, 11) is 0. The minimum atomic E-state index is 0.889. The second-order valence-corrected chi connectivity index (χ2v) is 1.94. The molecule has 1 heterocycles. The van der Waals surface area contributed by atoms with Crippen molar-refractivity contribution < 1.29 is 0 Å². The van der Waals surface area contributed by atoms with Crippen LogP contribution in [0.25, 0.3) is 0 Å². The largest absolute Gasteiger partial charge is 0.192 e. The van der Waals surface area contributed by atoms with Crippen LogP contribution in [0.2, 0.25) is 0 Å². The van der Waals surface area contributed by atoms with Crippen molar-refractivity contribution in [3.05, 3.63) is 17.1 Å². The summed E-state index contributed by atoms with van der Waals surface area (Å²) in [6, 6.07) is 1.89. The highest BCUT2D eigenvalue weighted by molar-refractivity contribution is 7.79. The van der Waals surface area contributed by atoms with Crippen LogP contribution in [0, 0.1) is 0 Å². The average Bonchev–Trinajstić information content (AvgIpc) is 2.14. The fourth-order valence-corrected chi connectivity index (χ4v) is 0.977. The van der Waals surface area contributed by atoms with E-state index < -0.39 is 0 Å². The molecule has 0 unspecified atom stereocenters. The summed E-state index contributed by atoms with van der Waals surface area (Å²) >= 11 is 6.01. The lowest BCUT2D eigenvalue weighted by Crippen LogP contribution is -1.69. The van der Waals surface area contributed by atoms with Crippen LogP contribution in [0.1, 0.15) is 5.69 Å². The second kappa shape index (κ2) is 2.14. The SMILES string of the molecule is S=Cc1ccsn1. The number of nitrogens with zero attached hydrogens (tertiary/aromatic N) is 1. The standard InChI is InChI=1S/C4H3NS2/c6-3-4-1-2-7-5-4/h1-3H. The molecule has 1 rings (SSSR count). The van der Waals surface area contributed by atoms with Gasteiger partial charge in [0.1, 0.15) is 0 Å². The van der Waals surface area contributed by atoms with E-state index in [-0.39, 0.29) is 0 Å². The van der Waals surface area contributed by atoms with E-state index in [1.54, 1.807) is 5.37 Å². The van der Waals surface area contributed by atoms with Crippen molar-refractivity contribution in [2.24, 2.45) is 0 Å². The minimum Gasteiger partial charge on any atom is -0.192 e. The lowest BCUT2D eigenvalue weighted by Gasteiger charge is -1.67. The normalized spacial score (nSPS) is 8.57. The van der Waals surface area contributed by atoms with Crippen LogP contribution in [0.3, 0.4) is 0 Å². The lowest BCUT2D eigenvalue weighted by molar-refractivity contribution is 1.55. The fraction of sp³-hybridized carbons (Fsp3) is 0. The highest BCUT2D eigenvalue weighted by Crippen LogP contribution is 1.94. The summed E-state index contributed by atoms with van der Waals surface area (Å²) in [5.41, 5.74) is 0.889. The van der Waals surface area contributed by atoms with Gasteiger partial charge in [0, 0.05) is 10.7 Å². The van der Waals surface area contributed by atoms with Gasteiger partial charge in [0.2, 0.25) is 0 Å². The number of thiocarbonyl (C=S) groups is 1. The van der Waals surface area contributed by atoms with Crippen LogP contribution in [0.5, 0.6) is 0 Å². The highest BCUT2D eigenvalue weighted by Gasteiger charge is 1.81. The molecule has 36 valence electrons. The van der Waals surface area contributed by atoms with Crippen molar-refractivity contribution >= 4 is 29.1 Å². The number of rotatable bonds is 1. The zero-order chi connectivity index (χ0) is 5.11. The number of aromatic nitrogens is 1. The Balaban J connectivity index is 2.96. The molecule has 0 aliphatic rings. The van der Waals surface area contributed by atoms with Crippen LogP contribution in [-0.4, -0.2) is 9.74 Å². The smallest absolute Gasteiger partial charge is 0.0875 e. The number of hydrogen-bond donors (Lipinski definition) is 0. The molecule has 0 saturated carbocycles. The lowest BCUT2D eigenvalue weighted by atomic mass is 10.5. The quantitative estimate of drug-likeness (QED) is 0.533. The predicted molar refractivity (Wildman–Crippen MR) is 34.9 cm³/mol. The topological polar surface area (TPSA) is 12.9 Å². The molecule has 0 N–H and O–H groups in total. The summed E-state index contributed by atoms with van der Waals surface area (Å²) < 4.78 is 3.92. The maximum Gasteiger partial charge on any atom is 0.0875 e. The van der Waals surface area contributed by atoms with Crippen LogP contribution in [0.4, 0.5) is 0 Å². The van der Waals surface area contributed by atoms with Gasteiger partial charge in [0.05, 0.1) is 5.69 Å². The van der Waals surface area contributed by atoms with Gasteiger partial charge in [-0.1, -0.05) is 12.2 Å². The maximum atomic E-state index is 4.59. The van der Waals surface area contributed by atoms with E-state index in [2.05, 4.69) is 16.6 Å². The van der Waals surface area contributed by atoms with Gasteiger partial charge in [0.25, 0.3) is 0 Å². The maximum absolute atomic E-state index is 4.59. The van der Waals surface area contributed by atoms with Gasteiger partial charge >= 0.3 is 0 Å². The Morgan fingerprint density at radius 2 is 2.71 bits per heavy atom. The first kappa shape index (κ1) is 4.87. The molecule has 0 aliphatic carbocycles. The van der Waals surface area contributed by atoms with Gasteiger partial charge < -0.3 is 0 Å². The summed E-state index contributed by atoms with van der Waals surface area (Å²) in [5, 5.41) is 3.47. The van der Waals surface area contributed by atoms with E-state index in [1.165, 1.54) is 11.5 Å². The Hall–Kier alpha value is -0.280. The Bertz CT molecular complexity index is 145. The summed E-state index contributed by atoms with van der Waals surface area (Å²) in [4.78, 5) is 0. The first-order valence-corrected chi connectivity index (χ1v) is 3.10. The molecular weight excluding hydrogens is 126 g/mol. The van der Waals surface area contributed by atoms with E-state index in [0.717, 1.165) is 5.69 Å². The average molecular weight is 129 g/mol. The third-order valence-electron chi connectivity index (χ3n) is 0.579. The minimum absolute atomic E-state index is 0.889. The van der Waals surface area contributed by atoms with Gasteiger partial charge in [-0.2, -0.15) is 4.37 Å². The van der Waals surface area contributed by atoms with Gasteiger partial charge in [-0.05, 0) is 17.6 Å². The molecule has 3 heteroatoms. The molecular formula is C4H3NS2. The summed E-state index contributed by atoms with van der Waals surface area (Å²) in [6.07, 6.45) is 0. The van der Waals surface area contributed by atoms with E-state index in [0.29, 0.717) is 0 Å². The molecule has 0 saturated heterocycles. The molecule has 1 nitrogen and oxygen atoms in total. The van der Waals surface area contributed by atoms with E-state index >= 15 is 0 Å². The van der Waals surface area contributed by atoms with Crippen molar-refractivity contribution in [3.63, 3.8) is 0 Å². The third kappa shape index (κ3) is 1.04. The molecule has 0 atom stereocenters. The number of hydrogen-bond acceptors (Lipinski definition) is 3. The van der Waals surface area contributed by atoms with E-state index in [9.17, 15) is 0 Å². The monoisotopic (exact) mass is 129 g/mol. The molecule has 0 bridgehead atoms. The fourth-order valence-electron chi connectivity index (χ4n) is 0.283. The van der Waals surface area contributed by atoms with Crippen LogP contribution < -0.4 is 0 Å². The molecule has 0 aromatic carbocycles. The molecule has 0 spiro atoms. The van der Waals surface area contributed by atoms with Gasteiger partial charge in [0.15, 0.2) is 0 Å². The first-order chi connectivity index (χ1) is 3.43. The van der Waals surface area contributed by atoms with Gasteiger partial charge in [-0.3, -0.25) is 0 Å². The van der Waals surface area contributed by atoms with Crippen LogP contribution in [-0.2, 0) is 0 Å². The van der Waals surface area contributed by atoms with Gasteiger partial charge in [-0.25, -0.2) is 0 Å². The van der Waals surface area contributed by atoms with Crippen molar-refractivity contribution in [2.45, 2.75) is 0 Å². The molecule has 7 heavy (non-hydrogen) atoms. The summed E-state index contributed by atoms with van der Waals surface area (Å²) in [5.74, 6) is 0. The van der Waals surface area contributed by atoms with Crippen LogP contribution in [0.15, 0.2) is 11.4 Å². The van der Waals surface area contributed by atoms with Crippen molar-refractivity contribution in [1.82, 2.24) is 4.37 Å². The molecule has 0 fully saturated rings. The second-order valence-electron chi connectivity index (χ2n) is 1.04. The molecule has 0 radical (unpaired) electrons. The van der Waals surface area contributed by atoms with E-state index in [1.807, 2.05) is 11.4 Å². The Labute approximate surface area is 51.2 Å². The van der Waals surface area contributed by atoms with Crippen molar-refractivity contribution in [3.8, 4) is 0 Å². The molecule has 1 aromatic heterocycles. The van der Waals surface area contributed by atoms with Gasteiger partial charge in [-0.15, -0.1) is 0 Å². The van der Waals surface area contributed by atoms with Crippen LogP contribution >= 0.6 is 23.8 Å². The Kier molecular flexibility index (Phi) is 1.49. The highest BCUT2D eigenvalue weighted by atomic mass is 32.1. The summed E-state index contributed by atoms with van der Waals surface area (Å²) in [6.45, 7) is 0. The Morgan fingerprint density at radius 3 is 3.00 bits per heavy atom. The van der Waals surface area contributed by atoms with E-state index in [4.69, 9.17) is 0 Å². The zero-order valence-corrected chi connectivity index (χ0v) is 5.13. The first-order valence-electron chi connectivity index (χ1n) is 1.79.